The van der Waals surface area contributed by atoms with Crippen LogP contribution >= 0.6 is 17.0 Å². The minimum absolute atomic E-state index is 0.242. The maximum atomic E-state index is 13.4. The zero-order valence-electron chi connectivity index (χ0n) is 14.9. The quantitative estimate of drug-likeness (QED) is 0.333. The van der Waals surface area contributed by atoms with Crippen molar-refractivity contribution in [2.75, 3.05) is 0 Å². The first kappa shape index (κ1) is 21.6. The van der Waals surface area contributed by atoms with Crippen molar-refractivity contribution in [1.82, 2.24) is 0 Å². The van der Waals surface area contributed by atoms with Gasteiger partial charge in [0.05, 0.1) is 5.56 Å². The molecular weight excluding hydrogens is 483 g/mol. The summed E-state index contributed by atoms with van der Waals surface area (Å²) >= 11 is -0.826. The van der Waals surface area contributed by atoms with Gasteiger partial charge in [-0.3, -0.25) is 0 Å². The van der Waals surface area contributed by atoms with Gasteiger partial charge in [-0.2, -0.15) is 13.2 Å². The number of benzene rings is 3. The summed E-state index contributed by atoms with van der Waals surface area (Å²) in [6.07, 6.45) is 0.851. The molecule has 1 aliphatic carbocycles. The standard InChI is InChI=1S/C22H16F3.2ClH.Zr/c1-2-14-12-15-6-5-9-17(20(15)13-14)18-10-11-21(22(23,24)25)19-8-4-3-7-16(18)19;;;/h3-13H,2H2,1H3;2*1H;/q;;;+2/p-2. The first-order valence-electron chi connectivity index (χ1n) is 8.64. The van der Waals surface area contributed by atoms with Crippen molar-refractivity contribution in [3.05, 3.63) is 83.3 Å². The van der Waals surface area contributed by atoms with Gasteiger partial charge in [-0.05, 0) is 45.5 Å². The number of hydrogen-bond donors (Lipinski definition) is 0. The van der Waals surface area contributed by atoms with Crippen molar-refractivity contribution < 1.29 is 34.0 Å². The van der Waals surface area contributed by atoms with Crippen LogP contribution in [0.3, 0.4) is 0 Å². The Morgan fingerprint density at radius 1 is 0.857 bits per heavy atom. The number of alkyl halides is 3. The molecule has 4 rings (SSSR count). The van der Waals surface area contributed by atoms with Crippen LogP contribution in [-0.4, -0.2) is 0 Å². The van der Waals surface area contributed by atoms with Gasteiger partial charge in [0, 0.05) is 6.42 Å². The summed E-state index contributed by atoms with van der Waals surface area (Å²) in [5, 5.41) is 0.871. The van der Waals surface area contributed by atoms with Crippen molar-refractivity contribution in [1.29, 1.82) is 0 Å². The fraction of sp³-hybridized carbons (Fsp3) is 0.136. The summed E-state index contributed by atoms with van der Waals surface area (Å²) in [6, 6.07) is 15.5. The molecular formula is C22H16Cl2F3Zr. The molecule has 0 N–H and O–H groups in total. The summed E-state index contributed by atoms with van der Waals surface area (Å²) in [7, 11) is 9.87. The van der Waals surface area contributed by atoms with Gasteiger partial charge in [0.1, 0.15) is 0 Å². The Balaban J connectivity index is 0.000000706. The molecule has 6 heteroatoms. The van der Waals surface area contributed by atoms with E-state index in [-0.39, 0.29) is 5.39 Å². The van der Waals surface area contributed by atoms with Crippen molar-refractivity contribution in [2.45, 2.75) is 19.5 Å². The first-order valence-corrected chi connectivity index (χ1v) is 15.0. The minimum atomic E-state index is -4.36. The predicted molar refractivity (Wildman–Crippen MR) is 108 cm³/mol. The van der Waals surface area contributed by atoms with Gasteiger partial charge < -0.3 is 0 Å². The van der Waals surface area contributed by atoms with E-state index in [1.165, 1.54) is 11.6 Å². The van der Waals surface area contributed by atoms with Crippen molar-refractivity contribution >= 4 is 33.9 Å². The molecule has 28 heavy (non-hydrogen) atoms. The second kappa shape index (κ2) is 9.16. The van der Waals surface area contributed by atoms with E-state index >= 15 is 0 Å². The van der Waals surface area contributed by atoms with Crippen LogP contribution in [0, 0.1) is 6.42 Å². The third-order valence-corrected chi connectivity index (χ3v) is 4.74. The monoisotopic (exact) mass is 497 g/mol. The SMILES string of the molecule is CCC1=Cc2c(cccc2-c2ccc(C(F)(F)F)c3ccccc23)[CH]1.[Cl][Zr][Cl]. The first-order chi connectivity index (χ1) is 13.4. The molecule has 0 nitrogen and oxygen atoms in total. The maximum absolute atomic E-state index is 13.4. The molecule has 0 spiro atoms. The van der Waals surface area contributed by atoms with Crippen LogP contribution in [0.5, 0.6) is 0 Å². The molecule has 0 saturated heterocycles. The fourth-order valence-corrected chi connectivity index (χ4v) is 3.52. The van der Waals surface area contributed by atoms with E-state index < -0.39 is 32.6 Å². The average Bonchev–Trinajstić information content (AvgIpc) is 3.10. The van der Waals surface area contributed by atoms with Gasteiger partial charge in [-0.25, -0.2) is 0 Å². The van der Waals surface area contributed by atoms with E-state index in [9.17, 15) is 13.2 Å². The van der Waals surface area contributed by atoms with Crippen LogP contribution in [0.15, 0.2) is 60.2 Å². The van der Waals surface area contributed by atoms with E-state index in [1.54, 1.807) is 30.3 Å². The van der Waals surface area contributed by atoms with Crippen molar-refractivity contribution in [3.63, 3.8) is 0 Å². The normalized spacial score (nSPS) is 12.9. The molecule has 143 valence electrons. The average molecular weight is 499 g/mol. The zero-order chi connectivity index (χ0) is 20.3. The molecule has 0 atom stereocenters. The molecule has 1 aliphatic rings. The van der Waals surface area contributed by atoms with Crippen LogP contribution in [0.4, 0.5) is 13.2 Å². The molecule has 0 unspecified atom stereocenters. The molecule has 1 radical (unpaired) electrons. The molecule has 3 aromatic rings. The van der Waals surface area contributed by atoms with Gasteiger partial charge >= 0.3 is 44.1 Å². The topological polar surface area (TPSA) is 0 Å². The van der Waals surface area contributed by atoms with Gasteiger partial charge in [0.2, 0.25) is 0 Å². The van der Waals surface area contributed by atoms with Gasteiger partial charge in [0.25, 0.3) is 0 Å². The number of allylic oxidation sites excluding steroid dienone is 1. The number of hydrogen-bond acceptors (Lipinski definition) is 0. The van der Waals surface area contributed by atoms with Crippen LogP contribution < -0.4 is 0 Å². The van der Waals surface area contributed by atoms with Gasteiger partial charge in [-0.1, -0.05) is 67.1 Å². The summed E-state index contributed by atoms with van der Waals surface area (Å²) in [5.74, 6) is 0. The third-order valence-electron chi connectivity index (χ3n) is 4.74. The van der Waals surface area contributed by atoms with E-state index in [4.69, 9.17) is 17.0 Å². The number of halogens is 5. The predicted octanol–water partition coefficient (Wildman–Crippen LogP) is 8.26. The van der Waals surface area contributed by atoms with Crippen molar-refractivity contribution in [2.24, 2.45) is 0 Å². The molecule has 0 fully saturated rings. The van der Waals surface area contributed by atoms with Crippen LogP contribution in [0.2, 0.25) is 0 Å². The zero-order valence-corrected chi connectivity index (χ0v) is 18.9. The van der Waals surface area contributed by atoms with Crippen LogP contribution in [0.1, 0.15) is 30.0 Å². The Bertz CT molecular complexity index is 1030. The van der Waals surface area contributed by atoms with Gasteiger partial charge in [-0.15, -0.1) is 0 Å². The molecule has 0 bridgehead atoms. The van der Waals surface area contributed by atoms with E-state index in [0.717, 1.165) is 28.7 Å². The third kappa shape index (κ3) is 4.40. The Morgan fingerprint density at radius 3 is 2.18 bits per heavy atom. The molecule has 0 heterocycles. The van der Waals surface area contributed by atoms with E-state index in [1.807, 2.05) is 18.2 Å². The Kier molecular flexibility index (Phi) is 7.07. The Labute approximate surface area is 181 Å². The molecule has 0 aromatic heterocycles. The second-order valence-electron chi connectivity index (χ2n) is 6.30. The Morgan fingerprint density at radius 2 is 1.54 bits per heavy atom. The summed E-state index contributed by atoms with van der Waals surface area (Å²) in [5.41, 5.74) is 4.67. The fourth-order valence-electron chi connectivity index (χ4n) is 3.52. The Hall–Kier alpha value is -1.09. The van der Waals surface area contributed by atoms with E-state index in [0.29, 0.717) is 5.39 Å². The summed E-state index contributed by atoms with van der Waals surface area (Å²) in [6.45, 7) is 2.10. The van der Waals surface area contributed by atoms with E-state index in [2.05, 4.69) is 19.4 Å². The second-order valence-corrected chi connectivity index (χ2v) is 10.0. The summed E-state index contributed by atoms with van der Waals surface area (Å²) < 4.78 is 40.1. The molecule has 0 saturated carbocycles. The van der Waals surface area contributed by atoms with Crippen molar-refractivity contribution in [3.8, 4) is 11.1 Å². The number of fused-ring (bicyclic) bond motifs is 2. The molecule has 3 aromatic carbocycles. The molecule has 0 amide bonds. The molecule has 0 aliphatic heterocycles. The summed E-state index contributed by atoms with van der Waals surface area (Å²) in [4.78, 5) is 0. The number of rotatable bonds is 2. The van der Waals surface area contributed by atoms with Crippen LogP contribution in [0.25, 0.3) is 28.0 Å². The van der Waals surface area contributed by atoms with Gasteiger partial charge in [0.15, 0.2) is 0 Å². The van der Waals surface area contributed by atoms with Crippen LogP contribution in [-0.2, 0) is 27.0 Å².